The van der Waals surface area contributed by atoms with Crippen molar-refractivity contribution in [3.8, 4) is 6.07 Å². The zero-order valence-corrected chi connectivity index (χ0v) is 9.53. The van der Waals surface area contributed by atoms with Crippen molar-refractivity contribution in [2.75, 3.05) is 11.9 Å². The maximum absolute atomic E-state index is 12.9. The van der Waals surface area contributed by atoms with Gasteiger partial charge in [0.1, 0.15) is 11.9 Å². The standard InChI is InChI=1S/C12H14FN3O/c1-2-15-12(17)7-11(8-14)16-10-5-3-4-9(13)6-10/h3-6,11,16H,2,7H2,1H3,(H,15,17). The van der Waals surface area contributed by atoms with Crippen molar-refractivity contribution in [2.45, 2.75) is 19.4 Å². The van der Waals surface area contributed by atoms with E-state index < -0.39 is 6.04 Å². The van der Waals surface area contributed by atoms with Gasteiger partial charge in [0.25, 0.3) is 0 Å². The first-order valence-electron chi connectivity index (χ1n) is 5.34. The molecule has 0 fully saturated rings. The molecule has 4 nitrogen and oxygen atoms in total. The molecule has 1 amide bonds. The molecule has 0 heterocycles. The number of amides is 1. The van der Waals surface area contributed by atoms with Crippen LogP contribution in [0.5, 0.6) is 0 Å². The summed E-state index contributed by atoms with van der Waals surface area (Å²) in [6.45, 7) is 2.33. The quantitative estimate of drug-likeness (QED) is 0.815. The Morgan fingerprint density at radius 1 is 1.59 bits per heavy atom. The van der Waals surface area contributed by atoms with Crippen molar-refractivity contribution in [1.82, 2.24) is 5.32 Å². The molecular formula is C12H14FN3O. The molecule has 0 radical (unpaired) electrons. The summed E-state index contributed by atoms with van der Waals surface area (Å²) in [6, 6.07) is 7.08. The minimum Gasteiger partial charge on any atom is -0.369 e. The van der Waals surface area contributed by atoms with E-state index in [0.717, 1.165) is 0 Å². The average Bonchev–Trinajstić information content (AvgIpc) is 2.28. The fourth-order valence-corrected chi connectivity index (χ4v) is 1.36. The lowest BCUT2D eigenvalue weighted by molar-refractivity contribution is -0.121. The number of nitrogens with one attached hydrogen (secondary N) is 2. The first-order valence-corrected chi connectivity index (χ1v) is 5.34. The van der Waals surface area contributed by atoms with E-state index in [1.54, 1.807) is 13.0 Å². The minimum atomic E-state index is -0.664. The predicted octanol–water partition coefficient (Wildman–Crippen LogP) is 1.66. The van der Waals surface area contributed by atoms with Crippen LogP contribution >= 0.6 is 0 Å². The number of rotatable bonds is 5. The molecule has 1 aromatic rings. The molecule has 1 unspecified atom stereocenters. The smallest absolute Gasteiger partial charge is 0.223 e. The van der Waals surface area contributed by atoms with E-state index in [1.165, 1.54) is 18.2 Å². The molecule has 0 spiro atoms. The molecule has 2 N–H and O–H groups in total. The zero-order chi connectivity index (χ0) is 12.7. The van der Waals surface area contributed by atoms with Gasteiger partial charge in [0.05, 0.1) is 12.5 Å². The highest BCUT2D eigenvalue weighted by atomic mass is 19.1. The topological polar surface area (TPSA) is 64.9 Å². The number of halogens is 1. The van der Waals surface area contributed by atoms with Crippen LogP contribution in [0, 0.1) is 17.1 Å². The van der Waals surface area contributed by atoms with Gasteiger partial charge in [0, 0.05) is 12.2 Å². The summed E-state index contributed by atoms with van der Waals surface area (Å²) in [5, 5.41) is 14.3. The highest BCUT2D eigenvalue weighted by Gasteiger charge is 2.12. The lowest BCUT2D eigenvalue weighted by Crippen LogP contribution is -2.30. The third-order valence-electron chi connectivity index (χ3n) is 2.08. The summed E-state index contributed by atoms with van der Waals surface area (Å²) in [5.74, 6) is -0.590. The summed E-state index contributed by atoms with van der Waals surface area (Å²) < 4.78 is 12.9. The molecule has 17 heavy (non-hydrogen) atoms. The molecule has 0 aromatic heterocycles. The van der Waals surface area contributed by atoms with Gasteiger partial charge >= 0.3 is 0 Å². The maximum atomic E-state index is 12.9. The van der Waals surface area contributed by atoms with Gasteiger partial charge in [-0.25, -0.2) is 4.39 Å². The van der Waals surface area contributed by atoms with Crippen LogP contribution in [0.3, 0.4) is 0 Å². The Labute approximate surface area is 99.4 Å². The van der Waals surface area contributed by atoms with Gasteiger partial charge in [0.15, 0.2) is 0 Å². The molecule has 90 valence electrons. The van der Waals surface area contributed by atoms with E-state index in [-0.39, 0.29) is 18.1 Å². The van der Waals surface area contributed by atoms with Gasteiger partial charge in [-0.1, -0.05) is 6.07 Å². The molecule has 1 aromatic carbocycles. The van der Waals surface area contributed by atoms with Crippen molar-refractivity contribution in [3.63, 3.8) is 0 Å². The van der Waals surface area contributed by atoms with Crippen LogP contribution in [-0.2, 0) is 4.79 Å². The molecule has 1 atom stereocenters. The Morgan fingerprint density at radius 2 is 2.35 bits per heavy atom. The number of hydrogen-bond acceptors (Lipinski definition) is 3. The van der Waals surface area contributed by atoms with E-state index in [0.29, 0.717) is 12.2 Å². The summed E-state index contributed by atoms with van der Waals surface area (Å²) in [6.07, 6.45) is 0.0425. The second-order valence-corrected chi connectivity index (χ2v) is 3.49. The summed E-state index contributed by atoms with van der Waals surface area (Å²) in [7, 11) is 0. The van der Waals surface area contributed by atoms with E-state index in [2.05, 4.69) is 10.6 Å². The fraction of sp³-hybridized carbons (Fsp3) is 0.333. The lowest BCUT2D eigenvalue weighted by atomic mass is 10.2. The summed E-state index contributed by atoms with van der Waals surface area (Å²) >= 11 is 0. The average molecular weight is 235 g/mol. The normalized spacial score (nSPS) is 11.4. The number of nitrogens with zero attached hydrogens (tertiary/aromatic N) is 1. The Hall–Kier alpha value is -2.09. The number of anilines is 1. The molecule has 1 rings (SSSR count). The van der Waals surface area contributed by atoms with Crippen molar-refractivity contribution >= 4 is 11.6 Å². The predicted molar refractivity (Wildman–Crippen MR) is 62.7 cm³/mol. The third kappa shape index (κ3) is 4.51. The van der Waals surface area contributed by atoms with Crippen molar-refractivity contribution < 1.29 is 9.18 Å². The molecule has 0 aliphatic heterocycles. The number of nitriles is 1. The Bertz CT molecular complexity index is 428. The highest BCUT2D eigenvalue weighted by molar-refractivity contribution is 5.77. The molecule has 0 aliphatic rings. The van der Waals surface area contributed by atoms with Crippen LogP contribution in [0.4, 0.5) is 10.1 Å². The largest absolute Gasteiger partial charge is 0.369 e. The Balaban J connectivity index is 2.59. The monoisotopic (exact) mass is 235 g/mol. The van der Waals surface area contributed by atoms with Crippen LogP contribution in [0.2, 0.25) is 0 Å². The van der Waals surface area contributed by atoms with E-state index in [1.807, 2.05) is 6.07 Å². The number of carbonyl (C=O) groups excluding carboxylic acids is 1. The summed E-state index contributed by atoms with van der Waals surface area (Å²) in [5.41, 5.74) is 0.487. The first kappa shape index (κ1) is 13.0. The number of benzene rings is 1. The molecule has 5 heteroatoms. The zero-order valence-electron chi connectivity index (χ0n) is 9.53. The Morgan fingerprint density at radius 3 is 2.94 bits per heavy atom. The van der Waals surface area contributed by atoms with Gasteiger partial charge in [0.2, 0.25) is 5.91 Å². The van der Waals surface area contributed by atoms with E-state index in [9.17, 15) is 9.18 Å². The van der Waals surface area contributed by atoms with Gasteiger partial charge in [-0.05, 0) is 25.1 Å². The first-order chi connectivity index (χ1) is 8.15. The SMILES string of the molecule is CCNC(=O)CC(C#N)Nc1cccc(F)c1. The number of hydrogen-bond donors (Lipinski definition) is 2. The minimum absolute atomic E-state index is 0.0425. The molecule has 0 saturated carbocycles. The maximum Gasteiger partial charge on any atom is 0.223 e. The molecular weight excluding hydrogens is 221 g/mol. The van der Waals surface area contributed by atoms with Gasteiger partial charge in [-0.15, -0.1) is 0 Å². The Kier molecular flexibility index (Phi) is 4.95. The van der Waals surface area contributed by atoms with E-state index >= 15 is 0 Å². The van der Waals surface area contributed by atoms with Crippen molar-refractivity contribution in [2.24, 2.45) is 0 Å². The van der Waals surface area contributed by atoms with E-state index in [4.69, 9.17) is 5.26 Å². The highest BCUT2D eigenvalue weighted by Crippen LogP contribution is 2.11. The number of carbonyl (C=O) groups is 1. The lowest BCUT2D eigenvalue weighted by Gasteiger charge is -2.12. The van der Waals surface area contributed by atoms with Crippen LogP contribution in [-0.4, -0.2) is 18.5 Å². The van der Waals surface area contributed by atoms with Crippen molar-refractivity contribution in [1.29, 1.82) is 5.26 Å². The van der Waals surface area contributed by atoms with Crippen LogP contribution in [0.15, 0.2) is 24.3 Å². The van der Waals surface area contributed by atoms with Crippen LogP contribution in [0.25, 0.3) is 0 Å². The summed E-state index contributed by atoms with van der Waals surface area (Å²) in [4.78, 5) is 11.3. The fourth-order valence-electron chi connectivity index (χ4n) is 1.36. The van der Waals surface area contributed by atoms with Crippen LogP contribution in [0.1, 0.15) is 13.3 Å². The van der Waals surface area contributed by atoms with Gasteiger partial charge in [-0.2, -0.15) is 5.26 Å². The second kappa shape index (κ2) is 6.48. The van der Waals surface area contributed by atoms with Gasteiger partial charge in [-0.3, -0.25) is 4.79 Å². The van der Waals surface area contributed by atoms with Crippen molar-refractivity contribution in [3.05, 3.63) is 30.1 Å². The van der Waals surface area contributed by atoms with Crippen LogP contribution < -0.4 is 10.6 Å². The third-order valence-corrected chi connectivity index (χ3v) is 2.08. The second-order valence-electron chi connectivity index (χ2n) is 3.49. The molecule has 0 saturated heterocycles. The molecule has 0 bridgehead atoms. The molecule has 0 aliphatic carbocycles. The van der Waals surface area contributed by atoms with Gasteiger partial charge < -0.3 is 10.6 Å².